The predicted molar refractivity (Wildman–Crippen MR) is 171 cm³/mol. The van der Waals surface area contributed by atoms with Gasteiger partial charge >= 0.3 is 11.9 Å². The molecule has 0 amide bonds. The quantitative estimate of drug-likeness (QED) is 0.159. The van der Waals surface area contributed by atoms with Crippen LogP contribution < -0.4 is 5.43 Å². The second-order valence-corrected chi connectivity index (χ2v) is 10.9. The number of hydrogen-bond donors (Lipinski definition) is 5. The monoisotopic (exact) mass is 578 g/mol. The van der Waals surface area contributed by atoms with Crippen LogP contribution in [0.15, 0.2) is 42.2 Å². The largest absolute Gasteiger partial charge is 0.481 e. The first-order chi connectivity index (χ1) is 20.4. The SMILES string of the molecule is C=CC1=C(C)c2cc3[nH]c(cc4[nH]c(cc5[nH]c(c(C)c5C=C)c(=O)c1n2)c(C)c4CCC(=O)O)c(CCC(=O)O)c3C. The molecule has 9 heteroatoms. The molecule has 0 unspecified atom stereocenters. The van der Waals surface area contributed by atoms with Crippen LogP contribution in [0.4, 0.5) is 0 Å². The highest BCUT2D eigenvalue weighted by atomic mass is 16.4. The fourth-order valence-electron chi connectivity index (χ4n) is 5.92. The zero-order valence-electron chi connectivity index (χ0n) is 24.7. The number of fused-ring (bicyclic) bond motifs is 8. The summed E-state index contributed by atoms with van der Waals surface area (Å²) in [4.78, 5) is 52.0. The predicted octanol–water partition coefficient (Wildman–Crippen LogP) is 6.61. The molecule has 1 aliphatic heterocycles. The summed E-state index contributed by atoms with van der Waals surface area (Å²) in [6.45, 7) is 15.5. The maximum Gasteiger partial charge on any atom is 0.303 e. The van der Waals surface area contributed by atoms with Gasteiger partial charge in [-0.3, -0.25) is 14.4 Å². The number of nitrogens with one attached hydrogen (secondary N) is 3. The van der Waals surface area contributed by atoms with E-state index in [0.717, 1.165) is 61.0 Å². The van der Waals surface area contributed by atoms with Gasteiger partial charge in [-0.1, -0.05) is 25.3 Å². The van der Waals surface area contributed by atoms with Gasteiger partial charge in [-0.25, -0.2) is 4.98 Å². The second kappa shape index (κ2) is 11.2. The zero-order valence-corrected chi connectivity index (χ0v) is 24.7. The first-order valence-corrected chi connectivity index (χ1v) is 14.0. The summed E-state index contributed by atoms with van der Waals surface area (Å²) in [5.74, 6) is -1.81. The van der Waals surface area contributed by atoms with Crippen LogP contribution in [0, 0.1) is 20.8 Å². The van der Waals surface area contributed by atoms with Crippen molar-refractivity contribution >= 4 is 62.3 Å². The summed E-state index contributed by atoms with van der Waals surface area (Å²) in [5, 5.41) is 18.9. The molecule has 1 aliphatic rings. The molecule has 0 aliphatic carbocycles. The molecule has 0 saturated carbocycles. The lowest BCUT2D eigenvalue weighted by molar-refractivity contribution is -0.138. The van der Waals surface area contributed by atoms with Crippen molar-refractivity contribution in [3.05, 3.63) is 92.4 Å². The molecule has 5 heterocycles. The van der Waals surface area contributed by atoms with E-state index in [9.17, 15) is 24.6 Å². The first kappa shape index (κ1) is 29.3. The fourth-order valence-corrected chi connectivity index (χ4v) is 5.92. The number of carboxylic acids is 2. The first-order valence-electron chi connectivity index (χ1n) is 14.0. The van der Waals surface area contributed by atoms with Crippen LogP contribution in [-0.4, -0.2) is 42.1 Å². The Hall–Kier alpha value is -5.18. The molecule has 0 aromatic carbocycles. The number of H-pyrrole nitrogens is 3. The third kappa shape index (κ3) is 5.18. The minimum Gasteiger partial charge on any atom is -0.481 e. The Morgan fingerprint density at radius 3 is 1.81 bits per heavy atom. The molecule has 5 N–H and O–H groups in total. The Labute approximate surface area is 247 Å². The molecule has 4 aromatic heterocycles. The summed E-state index contributed by atoms with van der Waals surface area (Å²) in [7, 11) is 0. The van der Waals surface area contributed by atoms with E-state index in [2.05, 4.69) is 28.1 Å². The molecule has 43 heavy (non-hydrogen) atoms. The molecule has 0 saturated heterocycles. The lowest BCUT2D eigenvalue weighted by Gasteiger charge is -2.00. The maximum atomic E-state index is 14.0. The minimum absolute atomic E-state index is 0.0541. The highest BCUT2D eigenvalue weighted by Gasteiger charge is 2.20. The summed E-state index contributed by atoms with van der Waals surface area (Å²) >= 11 is 0. The van der Waals surface area contributed by atoms with E-state index in [1.54, 1.807) is 12.2 Å². The molecule has 0 spiro atoms. The van der Waals surface area contributed by atoms with Gasteiger partial charge in [0, 0.05) is 51.6 Å². The van der Waals surface area contributed by atoms with Gasteiger partial charge in [-0.05, 0) is 92.1 Å². The van der Waals surface area contributed by atoms with Gasteiger partial charge in [0.25, 0.3) is 0 Å². The van der Waals surface area contributed by atoms with E-state index in [-0.39, 0.29) is 24.0 Å². The molecular formula is C34H34N4O5. The van der Waals surface area contributed by atoms with Crippen LogP contribution in [0.1, 0.15) is 64.5 Å². The number of aliphatic carboxylic acids is 2. The Kier molecular flexibility index (Phi) is 7.67. The molecule has 8 bridgehead atoms. The highest BCUT2D eigenvalue weighted by molar-refractivity contribution is 5.97. The summed E-state index contributed by atoms with van der Waals surface area (Å²) < 4.78 is 0. The molecule has 220 valence electrons. The Balaban J connectivity index is 2.02. The van der Waals surface area contributed by atoms with E-state index in [4.69, 9.17) is 4.98 Å². The number of rotatable bonds is 8. The van der Waals surface area contributed by atoms with Crippen molar-refractivity contribution in [2.24, 2.45) is 0 Å². The standard InChI is InChI=1S/C34H34N4O5/c1-7-20-19(6)32-34(43)33-21(8-2)16(3)26(37-33)13-24-17(4)22(9-11-30(39)40)28(35-24)15-29-23(10-12-31(41)42)18(5)25(36-29)14-27(20)38-32/h7-8,13-15,35-36,38H,1-2,9-12H2,3-6H3,(H,39,40)(H,41,42). The van der Waals surface area contributed by atoms with Gasteiger partial charge in [-0.2, -0.15) is 0 Å². The average molecular weight is 579 g/mol. The Morgan fingerprint density at radius 1 is 0.767 bits per heavy atom. The summed E-state index contributed by atoms with van der Waals surface area (Å²) in [5.41, 5.74) is 11.0. The smallest absolute Gasteiger partial charge is 0.303 e. The molecule has 5 rings (SSSR count). The van der Waals surface area contributed by atoms with Crippen molar-refractivity contribution in [2.75, 3.05) is 0 Å². The number of aryl methyl sites for hydroxylation is 5. The van der Waals surface area contributed by atoms with Crippen molar-refractivity contribution in [1.29, 1.82) is 0 Å². The fraction of sp³-hybridized carbons (Fsp3) is 0.235. The van der Waals surface area contributed by atoms with E-state index >= 15 is 0 Å². The number of aromatic nitrogens is 4. The number of hydrogen-bond acceptors (Lipinski definition) is 4. The maximum absolute atomic E-state index is 14.0. The third-order valence-corrected chi connectivity index (χ3v) is 8.39. The summed E-state index contributed by atoms with van der Waals surface area (Å²) in [6, 6.07) is 5.69. The molecule has 0 atom stereocenters. The molecular weight excluding hydrogens is 544 g/mol. The van der Waals surface area contributed by atoms with E-state index in [1.807, 2.05) is 45.9 Å². The van der Waals surface area contributed by atoms with Crippen LogP contribution in [0.25, 0.3) is 50.3 Å². The number of carboxylic acid groups (broad SMARTS) is 2. The average Bonchev–Trinajstić information content (AvgIpc) is 3.63. The Morgan fingerprint density at radius 2 is 1.30 bits per heavy atom. The van der Waals surface area contributed by atoms with Crippen molar-refractivity contribution in [3.63, 3.8) is 0 Å². The van der Waals surface area contributed by atoms with Crippen molar-refractivity contribution in [1.82, 2.24) is 19.9 Å². The van der Waals surface area contributed by atoms with Gasteiger partial charge < -0.3 is 25.2 Å². The lowest BCUT2D eigenvalue weighted by Crippen LogP contribution is -2.07. The molecule has 4 aromatic rings. The lowest BCUT2D eigenvalue weighted by atomic mass is 10.0. The van der Waals surface area contributed by atoms with Gasteiger partial charge in [0.2, 0.25) is 5.43 Å². The second-order valence-electron chi connectivity index (χ2n) is 10.9. The normalized spacial score (nSPS) is 12.2. The molecule has 0 radical (unpaired) electrons. The van der Waals surface area contributed by atoms with E-state index in [1.165, 1.54) is 0 Å². The van der Waals surface area contributed by atoms with Gasteiger partial charge in [0.1, 0.15) is 5.69 Å². The van der Waals surface area contributed by atoms with Gasteiger partial charge in [-0.15, -0.1) is 0 Å². The molecule has 0 fully saturated rings. The van der Waals surface area contributed by atoms with Crippen LogP contribution in [0.5, 0.6) is 0 Å². The van der Waals surface area contributed by atoms with E-state index in [0.29, 0.717) is 35.1 Å². The van der Waals surface area contributed by atoms with Crippen LogP contribution >= 0.6 is 0 Å². The zero-order chi connectivity index (χ0) is 31.2. The number of carbonyl (C=O) groups is 2. The minimum atomic E-state index is -0.906. The van der Waals surface area contributed by atoms with Crippen molar-refractivity contribution < 1.29 is 19.8 Å². The topological polar surface area (TPSA) is 152 Å². The summed E-state index contributed by atoms with van der Waals surface area (Å²) in [6.07, 6.45) is 3.82. The van der Waals surface area contributed by atoms with Crippen molar-refractivity contribution in [2.45, 2.75) is 53.4 Å². The van der Waals surface area contributed by atoms with Crippen LogP contribution in [0.2, 0.25) is 0 Å². The number of allylic oxidation sites excluding steroid dienone is 3. The number of aromatic amines is 3. The Bertz CT molecular complexity index is 2090. The van der Waals surface area contributed by atoms with Crippen LogP contribution in [-0.2, 0) is 22.4 Å². The van der Waals surface area contributed by atoms with Crippen molar-refractivity contribution in [3.8, 4) is 0 Å². The number of nitrogens with zero attached hydrogens (tertiary/aromatic N) is 1. The third-order valence-electron chi connectivity index (χ3n) is 8.39. The van der Waals surface area contributed by atoms with E-state index < -0.39 is 11.9 Å². The molecule has 9 nitrogen and oxygen atoms in total. The van der Waals surface area contributed by atoms with Gasteiger partial charge in [0.15, 0.2) is 0 Å². The van der Waals surface area contributed by atoms with Crippen LogP contribution in [0.3, 0.4) is 0 Å². The highest BCUT2D eigenvalue weighted by Crippen LogP contribution is 2.32. The van der Waals surface area contributed by atoms with Gasteiger partial charge in [0.05, 0.1) is 11.2 Å².